The first-order valence-electron chi connectivity index (χ1n) is 21.4. The van der Waals surface area contributed by atoms with Crippen LogP contribution in [-0.2, 0) is 28.3 Å². The number of halogens is 3. The summed E-state index contributed by atoms with van der Waals surface area (Å²) in [6.07, 6.45) is 2.91. The quantitative estimate of drug-likeness (QED) is 0.0913. The number of nitrogens with zero attached hydrogens (tertiary/aromatic N) is 6. The maximum Gasteiger partial charge on any atom is 0.497 e. The highest BCUT2D eigenvalue weighted by molar-refractivity contribution is 6.62. The lowest BCUT2D eigenvalue weighted by Crippen LogP contribution is -2.41. The molecule has 0 bridgehead atoms. The fourth-order valence-corrected chi connectivity index (χ4v) is 7.87. The van der Waals surface area contributed by atoms with E-state index < -0.39 is 41.9 Å². The molecule has 0 N–H and O–H groups in total. The number of rotatable bonds is 6. The van der Waals surface area contributed by atoms with Crippen LogP contribution < -0.4 is 15.3 Å². The Balaban J connectivity index is 0.000000152. The molecule has 66 heavy (non-hydrogen) atoms. The van der Waals surface area contributed by atoms with Crippen LogP contribution in [0.1, 0.15) is 59.5 Å². The molecule has 3 saturated heterocycles. The number of aryl methyl sites for hydroxylation is 2. The number of hydrogen-bond donors (Lipinski definition) is 0. The normalized spacial score (nSPS) is 16.6. The molecule has 18 heteroatoms. The zero-order valence-corrected chi connectivity index (χ0v) is 39.0. The monoisotopic (exact) mass is 924 g/mol. The molecule has 0 spiro atoms. The predicted octanol–water partition coefficient (Wildman–Crippen LogP) is 7.71. The number of ether oxygens (including phenoxy) is 4. The van der Waals surface area contributed by atoms with E-state index in [1.165, 1.54) is 51.1 Å². The van der Waals surface area contributed by atoms with Crippen molar-refractivity contribution >= 4 is 69.3 Å². The molecule has 0 radical (unpaired) electrons. The molecular formula is C48H52BClF2N6O8. The SMILES string of the molecule is COC(=O)c1cc(-c2ncnc3cc(N4CCOCC4)ccc23)c(F)cc1C.COC(=O)c1cc(B2OC(C)(C)C(C)(C)O2)c(F)cc1C.Clc1ncnc2cc(N3CCOCC3)ccc12. The van der Waals surface area contributed by atoms with E-state index in [1.54, 1.807) is 13.8 Å². The lowest BCUT2D eigenvalue weighted by molar-refractivity contribution is 0.00578. The van der Waals surface area contributed by atoms with Gasteiger partial charge in [0, 0.05) is 59.4 Å². The summed E-state index contributed by atoms with van der Waals surface area (Å²) in [7, 11) is 1.75. The Morgan fingerprint density at radius 3 is 1.65 bits per heavy atom. The molecule has 0 atom stereocenters. The van der Waals surface area contributed by atoms with Crippen LogP contribution in [0.4, 0.5) is 20.2 Å². The van der Waals surface area contributed by atoms with Gasteiger partial charge < -0.3 is 38.1 Å². The van der Waals surface area contributed by atoms with Crippen molar-refractivity contribution in [3.63, 3.8) is 0 Å². The summed E-state index contributed by atoms with van der Waals surface area (Å²) in [6, 6.07) is 17.5. The Morgan fingerprint density at radius 1 is 0.652 bits per heavy atom. The first-order valence-corrected chi connectivity index (χ1v) is 21.8. The van der Waals surface area contributed by atoms with Gasteiger partial charge in [0.05, 0.1) is 79.7 Å². The Hall–Kier alpha value is -5.85. The van der Waals surface area contributed by atoms with Gasteiger partial charge >= 0.3 is 19.1 Å². The van der Waals surface area contributed by atoms with E-state index >= 15 is 0 Å². The van der Waals surface area contributed by atoms with Crippen LogP contribution >= 0.6 is 11.6 Å². The van der Waals surface area contributed by atoms with E-state index in [4.69, 9.17) is 39.9 Å². The van der Waals surface area contributed by atoms with Gasteiger partial charge in [-0.25, -0.2) is 38.3 Å². The molecular weight excluding hydrogens is 873 g/mol. The third-order valence-corrected chi connectivity index (χ3v) is 12.5. The molecule has 6 aromatic rings. The first kappa shape index (κ1) is 48.1. The van der Waals surface area contributed by atoms with E-state index in [-0.39, 0.29) is 11.0 Å². The van der Waals surface area contributed by atoms with Crippen molar-refractivity contribution in [2.75, 3.05) is 76.6 Å². The number of carbonyl (C=O) groups excluding carboxylic acids is 2. The number of morpholine rings is 2. The third-order valence-electron chi connectivity index (χ3n) is 12.2. The summed E-state index contributed by atoms with van der Waals surface area (Å²) in [6.45, 7) is 17.3. The van der Waals surface area contributed by atoms with Gasteiger partial charge in [0.25, 0.3) is 0 Å². The lowest BCUT2D eigenvalue weighted by atomic mass is 9.77. The fraction of sp³-hybridized carbons (Fsp3) is 0.375. The Morgan fingerprint density at radius 2 is 1.12 bits per heavy atom. The minimum Gasteiger partial charge on any atom is -0.465 e. The summed E-state index contributed by atoms with van der Waals surface area (Å²) in [5.74, 6) is -1.92. The van der Waals surface area contributed by atoms with E-state index in [0.29, 0.717) is 51.8 Å². The molecule has 0 aliphatic carbocycles. The topological polar surface area (TPSA) is 148 Å². The molecule has 0 unspecified atom stereocenters. The van der Waals surface area contributed by atoms with Gasteiger partial charge in [-0.3, -0.25) is 0 Å². The third kappa shape index (κ3) is 10.4. The van der Waals surface area contributed by atoms with Crippen LogP contribution in [0.25, 0.3) is 33.1 Å². The maximum atomic E-state index is 14.7. The highest BCUT2D eigenvalue weighted by Crippen LogP contribution is 2.37. The number of esters is 2. The van der Waals surface area contributed by atoms with Gasteiger partial charge in [0.2, 0.25) is 0 Å². The van der Waals surface area contributed by atoms with Gasteiger partial charge in [0.15, 0.2) is 0 Å². The van der Waals surface area contributed by atoms with Crippen LogP contribution in [0.2, 0.25) is 5.15 Å². The molecule has 5 heterocycles. The van der Waals surface area contributed by atoms with E-state index in [0.717, 1.165) is 67.1 Å². The molecule has 2 aromatic heterocycles. The van der Waals surface area contributed by atoms with Crippen molar-refractivity contribution in [2.45, 2.75) is 52.7 Å². The molecule has 9 rings (SSSR count). The Labute approximate surface area is 387 Å². The standard InChI is InChI=1S/C21H20FN3O3.C15H20BFO4.C12H12ClN3O/c1-13-9-18(22)17(11-16(13)21(26)27-2)20-15-4-3-14(10-19(15)23-12-24-20)25-5-7-28-8-6-25;1-9-7-12(17)11(8-10(9)13(18)19-6)16-20-14(2,3)15(4,5)21-16;13-12-10-2-1-9(7-11(10)14-8-15-12)16-3-5-17-6-4-16/h3-4,9-12H,5-8H2,1-2H3;7-8H,1-6H3;1-2,7-8H,3-6H2. The second-order valence-electron chi connectivity index (χ2n) is 16.9. The van der Waals surface area contributed by atoms with Crippen LogP contribution in [0.5, 0.6) is 0 Å². The van der Waals surface area contributed by atoms with Crippen LogP contribution in [0, 0.1) is 25.5 Å². The number of aromatic nitrogens is 4. The highest BCUT2D eigenvalue weighted by atomic mass is 35.5. The zero-order chi connectivity index (χ0) is 47.3. The summed E-state index contributed by atoms with van der Waals surface area (Å²) in [4.78, 5) is 45.2. The number of methoxy groups -OCH3 is 2. The molecule has 14 nitrogen and oxygen atoms in total. The molecule has 3 aliphatic heterocycles. The van der Waals surface area contributed by atoms with Gasteiger partial charge in [-0.15, -0.1) is 0 Å². The fourth-order valence-electron chi connectivity index (χ4n) is 7.66. The van der Waals surface area contributed by atoms with Crippen molar-refractivity contribution in [1.29, 1.82) is 0 Å². The summed E-state index contributed by atoms with van der Waals surface area (Å²) < 4.78 is 60.9. The second kappa shape index (κ2) is 20.3. The highest BCUT2D eigenvalue weighted by Gasteiger charge is 2.52. The van der Waals surface area contributed by atoms with Gasteiger partial charge in [-0.2, -0.15) is 0 Å². The Kier molecular flexibility index (Phi) is 14.8. The molecule has 346 valence electrons. The van der Waals surface area contributed by atoms with Crippen molar-refractivity contribution in [3.05, 3.63) is 112 Å². The van der Waals surface area contributed by atoms with Gasteiger partial charge in [-0.1, -0.05) is 11.6 Å². The number of benzene rings is 4. The van der Waals surface area contributed by atoms with Crippen LogP contribution in [0.15, 0.2) is 73.3 Å². The second-order valence-corrected chi connectivity index (χ2v) is 17.3. The smallest absolute Gasteiger partial charge is 0.465 e. The van der Waals surface area contributed by atoms with E-state index in [9.17, 15) is 18.4 Å². The molecule has 0 amide bonds. The average molecular weight is 925 g/mol. The predicted molar refractivity (Wildman–Crippen MR) is 250 cm³/mol. The van der Waals surface area contributed by atoms with Crippen molar-refractivity contribution in [1.82, 2.24) is 19.9 Å². The van der Waals surface area contributed by atoms with Crippen molar-refractivity contribution < 1.29 is 46.6 Å². The van der Waals surface area contributed by atoms with Gasteiger partial charge in [0.1, 0.15) is 29.4 Å². The van der Waals surface area contributed by atoms with Gasteiger partial charge in [-0.05, 0) is 113 Å². The lowest BCUT2D eigenvalue weighted by Gasteiger charge is -2.32. The molecule has 3 fully saturated rings. The molecule has 3 aliphatic rings. The van der Waals surface area contributed by atoms with E-state index in [1.807, 2.05) is 58.0 Å². The van der Waals surface area contributed by atoms with Crippen LogP contribution in [-0.4, -0.2) is 117 Å². The zero-order valence-electron chi connectivity index (χ0n) is 38.2. The minimum absolute atomic E-state index is 0.208. The van der Waals surface area contributed by atoms with Crippen molar-refractivity contribution in [3.8, 4) is 11.3 Å². The molecule has 0 saturated carbocycles. The summed E-state index contributed by atoms with van der Waals surface area (Å²) >= 11 is 6.01. The number of hydrogen-bond acceptors (Lipinski definition) is 14. The van der Waals surface area contributed by atoms with Crippen molar-refractivity contribution in [2.24, 2.45) is 0 Å². The maximum absolute atomic E-state index is 14.7. The van der Waals surface area contributed by atoms with E-state index in [2.05, 4.69) is 35.8 Å². The largest absolute Gasteiger partial charge is 0.497 e. The minimum atomic E-state index is -0.848. The first-order chi connectivity index (χ1) is 31.5. The number of anilines is 2. The van der Waals surface area contributed by atoms with Crippen LogP contribution in [0.3, 0.4) is 0 Å². The number of carbonyl (C=O) groups is 2. The summed E-state index contributed by atoms with van der Waals surface area (Å²) in [5, 5.41) is 2.12. The number of fused-ring (bicyclic) bond motifs is 2. The summed E-state index contributed by atoms with van der Waals surface area (Å²) in [5.41, 5.74) is 5.22. The molecule has 4 aromatic carbocycles. The Bertz CT molecular complexity index is 2740. The average Bonchev–Trinajstić information content (AvgIpc) is 3.54.